The van der Waals surface area contributed by atoms with Crippen LogP contribution >= 0.6 is 0 Å². The van der Waals surface area contributed by atoms with E-state index in [0.717, 1.165) is 25.2 Å². The molecule has 2 atom stereocenters. The first-order valence-electron chi connectivity index (χ1n) is 6.63. The van der Waals surface area contributed by atoms with Crippen LogP contribution in [0, 0.1) is 11.3 Å². The van der Waals surface area contributed by atoms with E-state index < -0.39 is 0 Å². The SMILES string of the molecule is CC(C)(C)C1CCCC2(CCC(=O)O2)CC1. The van der Waals surface area contributed by atoms with E-state index in [9.17, 15) is 4.79 Å². The number of carbonyl (C=O) groups is 1. The molecule has 1 spiro atoms. The minimum atomic E-state index is -0.0723. The third-order valence-electron chi connectivity index (χ3n) is 4.47. The van der Waals surface area contributed by atoms with Crippen LogP contribution in [-0.4, -0.2) is 11.6 Å². The van der Waals surface area contributed by atoms with Crippen molar-refractivity contribution in [3.63, 3.8) is 0 Å². The van der Waals surface area contributed by atoms with Crippen molar-refractivity contribution in [3.8, 4) is 0 Å². The first-order chi connectivity index (χ1) is 7.41. The average Bonchev–Trinajstić information content (AvgIpc) is 2.42. The minimum Gasteiger partial charge on any atom is -0.459 e. The fourth-order valence-electron chi connectivity index (χ4n) is 3.27. The summed E-state index contributed by atoms with van der Waals surface area (Å²) in [6.07, 6.45) is 7.50. The first kappa shape index (κ1) is 11.9. The summed E-state index contributed by atoms with van der Waals surface area (Å²) in [6.45, 7) is 6.99. The average molecular weight is 224 g/mol. The highest BCUT2D eigenvalue weighted by molar-refractivity contribution is 5.72. The molecule has 2 rings (SSSR count). The Morgan fingerprint density at radius 2 is 1.94 bits per heavy atom. The second-order valence-corrected chi connectivity index (χ2v) is 6.65. The Morgan fingerprint density at radius 1 is 1.19 bits per heavy atom. The Balaban J connectivity index is 2.01. The van der Waals surface area contributed by atoms with Gasteiger partial charge in [-0.25, -0.2) is 0 Å². The quantitative estimate of drug-likeness (QED) is 0.587. The van der Waals surface area contributed by atoms with Gasteiger partial charge in [0.15, 0.2) is 0 Å². The molecule has 0 bridgehead atoms. The van der Waals surface area contributed by atoms with Crippen molar-refractivity contribution in [2.75, 3.05) is 0 Å². The van der Waals surface area contributed by atoms with Crippen molar-refractivity contribution in [3.05, 3.63) is 0 Å². The van der Waals surface area contributed by atoms with Gasteiger partial charge in [0.1, 0.15) is 5.60 Å². The highest BCUT2D eigenvalue weighted by Gasteiger charge is 2.42. The second-order valence-electron chi connectivity index (χ2n) is 6.65. The molecule has 2 nitrogen and oxygen atoms in total. The highest BCUT2D eigenvalue weighted by Crippen LogP contribution is 2.44. The maximum atomic E-state index is 11.3. The number of hydrogen-bond donors (Lipinski definition) is 0. The van der Waals surface area contributed by atoms with Crippen LogP contribution in [0.1, 0.15) is 65.7 Å². The fourth-order valence-corrected chi connectivity index (χ4v) is 3.27. The van der Waals surface area contributed by atoms with Gasteiger partial charge in [0.25, 0.3) is 0 Å². The maximum Gasteiger partial charge on any atom is 0.306 e. The lowest BCUT2D eigenvalue weighted by molar-refractivity contribution is -0.149. The molecule has 1 heterocycles. The van der Waals surface area contributed by atoms with E-state index in [2.05, 4.69) is 20.8 Å². The van der Waals surface area contributed by atoms with E-state index in [1.807, 2.05) is 0 Å². The summed E-state index contributed by atoms with van der Waals surface area (Å²) < 4.78 is 5.59. The van der Waals surface area contributed by atoms with Crippen LogP contribution in [0.2, 0.25) is 0 Å². The molecule has 92 valence electrons. The Kier molecular flexibility index (Phi) is 3.02. The van der Waals surface area contributed by atoms with Crippen molar-refractivity contribution in [2.24, 2.45) is 11.3 Å². The normalized spacial score (nSPS) is 36.2. The van der Waals surface area contributed by atoms with Gasteiger partial charge in [0.2, 0.25) is 0 Å². The van der Waals surface area contributed by atoms with Crippen LogP contribution in [0.4, 0.5) is 0 Å². The van der Waals surface area contributed by atoms with Crippen LogP contribution in [0.5, 0.6) is 0 Å². The maximum absolute atomic E-state index is 11.3. The molecule has 0 aromatic rings. The summed E-state index contributed by atoms with van der Waals surface area (Å²) in [5.41, 5.74) is 0.325. The van der Waals surface area contributed by atoms with Crippen molar-refractivity contribution < 1.29 is 9.53 Å². The molecule has 0 radical (unpaired) electrons. The van der Waals surface area contributed by atoms with Gasteiger partial charge in [-0.05, 0) is 49.9 Å². The lowest BCUT2D eigenvalue weighted by Crippen LogP contribution is -2.28. The summed E-state index contributed by atoms with van der Waals surface area (Å²) in [5.74, 6) is 0.806. The summed E-state index contributed by atoms with van der Waals surface area (Å²) in [7, 11) is 0. The zero-order valence-corrected chi connectivity index (χ0v) is 10.8. The van der Waals surface area contributed by atoms with E-state index in [0.29, 0.717) is 11.8 Å². The van der Waals surface area contributed by atoms with Crippen molar-refractivity contribution in [1.82, 2.24) is 0 Å². The highest BCUT2D eigenvalue weighted by atomic mass is 16.6. The summed E-state index contributed by atoms with van der Waals surface area (Å²) in [4.78, 5) is 11.3. The molecule has 2 aliphatic rings. The van der Waals surface area contributed by atoms with Crippen LogP contribution in [0.3, 0.4) is 0 Å². The Hall–Kier alpha value is -0.530. The fraction of sp³-hybridized carbons (Fsp3) is 0.929. The van der Waals surface area contributed by atoms with Gasteiger partial charge < -0.3 is 4.74 Å². The molecule has 1 saturated carbocycles. The lowest BCUT2D eigenvalue weighted by Gasteiger charge is -2.30. The lowest BCUT2D eigenvalue weighted by atomic mass is 9.76. The molecule has 1 saturated heterocycles. The summed E-state index contributed by atoms with van der Waals surface area (Å²) in [5, 5.41) is 0. The number of hydrogen-bond acceptors (Lipinski definition) is 2. The van der Waals surface area contributed by atoms with Gasteiger partial charge in [0, 0.05) is 6.42 Å². The molecule has 0 N–H and O–H groups in total. The smallest absolute Gasteiger partial charge is 0.306 e. The predicted molar refractivity (Wildman–Crippen MR) is 64.1 cm³/mol. The Morgan fingerprint density at radius 3 is 2.50 bits per heavy atom. The van der Waals surface area contributed by atoms with Gasteiger partial charge in [-0.15, -0.1) is 0 Å². The molecule has 1 aliphatic carbocycles. The monoisotopic (exact) mass is 224 g/mol. The minimum absolute atomic E-state index is 0.0224. The van der Waals surface area contributed by atoms with Crippen LogP contribution in [0.15, 0.2) is 0 Å². The first-order valence-corrected chi connectivity index (χ1v) is 6.63. The van der Waals surface area contributed by atoms with Crippen LogP contribution in [-0.2, 0) is 9.53 Å². The van der Waals surface area contributed by atoms with Gasteiger partial charge >= 0.3 is 5.97 Å². The molecular weight excluding hydrogens is 200 g/mol. The van der Waals surface area contributed by atoms with Crippen molar-refractivity contribution in [2.45, 2.75) is 71.3 Å². The number of rotatable bonds is 0. The predicted octanol–water partition coefficient (Wildman–Crippen LogP) is 3.69. The van der Waals surface area contributed by atoms with Crippen LogP contribution in [0.25, 0.3) is 0 Å². The van der Waals surface area contributed by atoms with E-state index in [1.54, 1.807) is 0 Å². The topological polar surface area (TPSA) is 26.3 Å². The van der Waals surface area contributed by atoms with Gasteiger partial charge in [-0.2, -0.15) is 0 Å². The molecule has 0 amide bonds. The largest absolute Gasteiger partial charge is 0.459 e. The Labute approximate surface area is 98.7 Å². The zero-order valence-electron chi connectivity index (χ0n) is 10.8. The third-order valence-corrected chi connectivity index (χ3v) is 4.47. The zero-order chi connectivity index (χ0) is 11.8. The molecule has 2 unspecified atom stereocenters. The molecule has 2 heteroatoms. The molecule has 0 aromatic carbocycles. The molecule has 0 aromatic heterocycles. The second kappa shape index (κ2) is 4.05. The van der Waals surface area contributed by atoms with Crippen LogP contribution < -0.4 is 0 Å². The van der Waals surface area contributed by atoms with Gasteiger partial charge in [-0.3, -0.25) is 4.79 Å². The van der Waals surface area contributed by atoms with E-state index in [-0.39, 0.29) is 11.6 Å². The standard InChI is InChI=1S/C14H24O2/c1-13(2,3)11-5-4-8-14(9-6-11)10-7-12(15)16-14/h11H,4-10H2,1-3H3. The summed E-state index contributed by atoms with van der Waals surface area (Å²) in [6, 6.07) is 0. The molecule has 1 aliphatic heterocycles. The molecular formula is C14H24O2. The van der Waals surface area contributed by atoms with E-state index in [4.69, 9.17) is 4.74 Å². The summed E-state index contributed by atoms with van der Waals surface area (Å²) >= 11 is 0. The van der Waals surface area contributed by atoms with Gasteiger partial charge in [-0.1, -0.05) is 20.8 Å². The van der Waals surface area contributed by atoms with E-state index >= 15 is 0 Å². The number of ether oxygens (including phenoxy) is 1. The van der Waals surface area contributed by atoms with E-state index in [1.165, 1.54) is 19.3 Å². The Bertz CT molecular complexity index is 277. The molecule has 16 heavy (non-hydrogen) atoms. The number of carbonyl (C=O) groups excluding carboxylic acids is 1. The molecule has 2 fully saturated rings. The van der Waals surface area contributed by atoms with Crippen molar-refractivity contribution >= 4 is 5.97 Å². The third kappa shape index (κ3) is 2.41. The van der Waals surface area contributed by atoms with Crippen molar-refractivity contribution in [1.29, 1.82) is 0 Å². The van der Waals surface area contributed by atoms with Gasteiger partial charge in [0.05, 0.1) is 0 Å². The number of esters is 1.